The molecule has 1 amide bonds. The fraction of sp³-hybridized carbons (Fsp3) is 0.412. The minimum absolute atomic E-state index is 0.00167. The number of carbonyl (C=O) groups excluding carboxylic acids is 1. The number of amidine groups is 1. The van der Waals surface area contributed by atoms with Crippen molar-refractivity contribution in [1.29, 1.82) is 0 Å². The highest BCUT2D eigenvalue weighted by Gasteiger charge is 2.43. The first-order chi connectivity index (χ1) is 12.3. The van der Waals surface area contributed by atoms with Crippen LogP contribution in [0.15, 0.2) is 29.6 Å². The van der Waals surface area contributed by atoms with E-state index in [1.54, 1.807) is 31.6 Å². The number of aromatic nitrogens is 4. The second-order valence-electron chi connectivity index (χ2n) is 6.28. The van der Waals surface area contributed by atoms with Gasteiger partial charge in [-0.2, -0.15) is 0 Å². The third kappa shape index (κ3) is 3.93. The van der Waals surface area contributed by atoms with Crippen LogP contribution in [0.1, 0.15) is 49.3 Å². The number of amides is 1. The smallest absolute Gasteiger partial charge is 0.338 e. The van der Waals surface area contributed by atoms with E-state index in [0.29, 0.717) is 6.42 Å². The third-order valence-electron chi connectivity index (χ3n) is 4.30. The maximum atomic E-state index is 12.1. The summed E-state index contributed by atoms with van der Waals surface area (Å²) >= 11 is 0. The highest BCUT2D eigenvalue weighted by molar-refractivity contribution is 6.17. The van der Waals surface area contributed by atoms with E-state index in [0.717, 1.165) is 5.56 Å². The van der Waals surface area contributed by atoms with Crippen LogP contribution in [-0.2, 0) is 11.2 Å². The lowest BCUT2D eigenvalue weighted by Gasteiger charge is -2.21. The molecule has 9 nitrogen and oxygen atoms in total. The Morgan fingerprint density at radius 3 is 2.54 bits per heavy atom. The Kier molecular flexibility index (Phi) is 5.81. The number of carboxylic acids is 1. The summed E-state index contributed by atoms with van der Waals surface area (Å²) in [5.41, 5.74) is 0.197. The molecule has 0 saturated heterocycles. The number of H-pyrrole nitrogens is 1. The summed E-state index contributed by atoms with van der Waals surface area (Å²) in [6, 6.07) is 1.57. The maximum Gasteiger partial charge on any atom is 0.338 e. The van der Waals surface area contributed by atoms with Gasteiger partial charge in [0.15, 0.2) is 5.84 Å². The average Bonchev–Trinajstić information content (AvgIpc) is 3.27. The van der Waals surface area contributed by atoms with Gasteiger partial charge in [-0.1, -0.05) is 26.0 Å². The van der Waals surface area contributed by atoms with E-state index >= 15 is 0 Å². The molecule has 3 N–H and O–H groups in total. The molecule has 0 aromatic carbocycles. The van der Waals surface area contributed by atoms with Crippen LogP contribution in [0, 0.1) is 5.92 Å². The van der Waals surface area contributed by atoms with Crippen LogP contribution in [0.25, 0.3) is 0 Å². The zero-order valence-corrected chi connectivity index (χ0v) is 15.1. The molecule has 1 unspecified atom stereocenters. The lowest BCUT2D eigenvalue weighted by atomic mass is 9.89. The molecule has 1 aliphatic rings. The van der Waals surface area contributed by atoms with Crippen molar-refractivity contribution < 1.29 is 14.7 Å². The van der Waals surface area contributed by atoms with E-state index in [1.165, 1.54) is 0 Å². The predicted octanol–water partition coefficient (Wildman–Crippen LogP) is 1.44. The number of hydrogen-bond donors (Lipinski definition) is 3. The van der Waals surface area contributed by atoms with Crippen LogP contribution >= 0.6 is 0 Å². The summed E-state index contributed by atoms with van der Waals surface area (Å²) in [5, 5.41) is 21.3. The summed E-state index contributed by atoms with van der Waals surface area (Å²) in [6.07, 6.45) is 5.54. The number of aromatic carboxylic acids is 1. The van der Waals surface area contributed by atoms with Gasteiger partial charge in [0.1, 0.15) is 11.2 Å². The summed E-state index contributed by atoms with van der Waals surface area (Å²) in [4.78, 5) is 32.1. The number of pyridine rings is 1. The Morgan fingerprint density at radius 1 is 1.38 bits per heavy atom. The summed E-state index contributed by atoms with van der Waals surface area (Å²) < 4.78 is 0. The minimum Gasteiger partial charge on any atom is -0.478 e. The molecule has 2 aromatic rings. The Balaban J connectivity index is 0.000000417. The van der Waals surface area contributed by atoms with Gasteiger partial charge in [0, 0.05) is 12.4 Å². The quantitative estimate of drug-likeness (QED) is 0.757. The zero-order chi connectivity index (χ0) is 19.3. The Hall–Kier alpha value is -3.10. The molecule has 0 saturated carbocycles. The molecule has 1 aliphatic heterocycles. The second kappa shape index (κ2) is 7.85. The van der Waals surface area contributed by atoms with E-state index in [1.807, 2.05) is 20.8 Å². The zero-order valence-electron chi connectivity index (χ0n) is 15.1. The largest absolute Gasteiger partial charge is 0.478 e. The molecular weight excluding hydrogens is 336 g/mol. The van der Waals surface area contributed by atoms with Crippen LogP contribution in [0.2, 0.25) is 0 Å². The van der Waals surface area contributed by atoms with Gasteiger partial charge in [-0.3, -0.25) is 14.9 Å². The van der Waals surface area contributed by atoms with Gasteiger partial charge in [-0.05, 0) is 30.9 Å². The van der Waals surface area contributed by atoms with Gasteiger partial charge >= 0.3 is 5.97 Å². The SMILES string of the molecule is CCc1cnc(C2=NC(C)(C(C)C)C(=O)N2)c(C(=O)O)c1.c1c[nH]nn1. The number of nitrogens with zero attached hydrogens (tertiary/aromatic N) is 4. The monoisotopic (exact) mass is 358 g/mol. The first-order valence-electron chi connectivity index (χ1n) is 8.23. The molecule has 2 aromatic heterocycles. The van der Waals surface area contributed by atoms with E-state index in [4.69, 9.17) is 0 Å². The number of carboxylic acid groups (broad SMARTS) is 1. The first kappa shape index (κ1) is 19.2. The number of nitrogens with one attached hydrogen (secondary N) is 2. The summed E-state index contributed by atoms with van der Waals surface area (Å²) in [6.45, 7) is 7.46. The van der Waals surface area contributed by atoms with Crippen molar-refractivity contribution in [1.82, 2.24) is 25.7 Å². The van der Waals surface area contributed by atoms with Crippen molar-refractivity contribution in [3.05, 3.63) is 41.5 Å². The molecule has 0 radical (unpaired) electrons. The molecule has 0 bridgehead atoms. The number of aromatic amines is 1. The molecule has 0 spiro atoms. The molecule has 0 fully saturated rings. The van der Waals surface area contributed by atoms with Crippen molar-refractivity contribution >= 4 is 17.7 Å². The lowest BCUT2D eigenvalue weighted by Crippen LogP contribution is -2.41. The van der Waals surface area contributed by atoms with E-state index < -0.39 is 11.5 Å². The molecule has 3 heterocycles. The lowest BCUT2D eigenvalue weighted by molar-refractivity contribution is -0.124. The van der Waals surface area contributed by atoms with Gasteiger partial charge < -0.3 is 10.4 Å². The molecule has 1 atom stereocenters. The Labute approximate surface area is 151 Å². The molecular formula is C17H22N6O3. The first-order valence-corrected chi connectivity index (χ1v) is 8.23. The van der Waals surface area contributed by atoms with Gasteiger partial charge in [0.2, 0.25) is 0 Å². The molecule has 3 rings (SSSR count). The van der Waals surface area contributed by atoms with Gasteiger partial charge in [0.25, 0.3) is 5.91 Å². The van der Waals surface area contributed by atoms with E-state index in [2.05, 4.69) is 30.7 Å². The minimum atomic E-state index is -1.08. The van der Waals surface area contributed by atoms with Gasteiger partial charge in [-0.15, -0.1) is 5.10 Å². The van der Waals surface area contributed by atoms with E-state index in [9.17, 15) is 14.7 Å². The highest BCUT2D eigenvalue weighted by Crippen LogP contribution is 2.27. The van der Waals surface area contributed by atoms with Crippen LogP contribution in [0.5, 0.6) is 0 Å². The Bertz CT molecular complexity index is 799. The second-order valence-corrected chi connectivity index (χ2v) is 6.28. The average molecular weight is 358 g/mol. The fourth-order valence-electron chi connectivity index (χ4n) is 2.27. The summed E-state index contributed by atoms with van der Waals surface area (Å²) in [7, 11) is 0. The predicted molar refractivity (Wildman–Crippen MR) is 94.9 cm³/mol. The van der Waals surface area contributed by atoms with Crippen molar-refractivity contribution in [3.63, 3.8) is 0 Å². The summed E-state index contributed by atoms with van der Waals surface area (Å²) in [5.74, 6) is -1.08. The van der Waals surface area contributed by atoms with Crippen LogP contribution < -0.4 is 5.32 Å². The molecule has 0 aliphatic carbocycles. The number of rotatable bonds is 4. The van der Waals surface area contributed by atoms with E-state index in [-0.39, 0.29) is 28.9 Å². The van der Waals surface area contributed by atoms with Crippen molar-refractivity contribution in [3.8, 4) is 0 Å². The number of aryl methyl sites for hydroxylation is 1. The van der Waals surface area contributed by atoms with Crippen LogP contribution in [0.3, 0.4) is 0 Å². The molecule has 138 valence electrons. The number of aliphatic imine (C=N–C) groups is 1. The topological polar surface area (TPSA) is 133 Å². The third-order valence-corrected chi connectivity index (χ3v) is 4.30. The normalized spacial score (nSPS) is 18.8. The van der Waals surface area contributed by atoms with Crippen LogP contribution in [0.4, 0.5) is 0 Å². The number of carbonyl (C=O) groups is 2. The number of hydrogen-bond acceptors (Lipinski definition) is 6. The van der Waals surface area contributed by atoms with Gasteiger partial charge in [0.05, 0.1) is 11.8 Å². The molecule has 9 heteroatoms. The van der Waals surface area contributed by atoms with Crippen LogP contribution in [-0.4, -0.2) is 48.8 Å². The van der Waals surface area contributed by atoms with Gasteiger partial charge in [-0.25, -0.2) is 9.79 Å². The van der Waals surface area contributed by atoms with Crippen molar-refractivity contribution in [2.75, 3.05) is 0 Å². The van der Waals surface area contributed by atoms with Crippen molar-refractivity contribution in [2.45, 2.75) is 39.7 Å². The maximum absolute atomic E-state index is 12.1. The van der Waals surface area contributed by atoms with Crippen molar-refractivity contribution in [2.24, 2.45) is 10.9 Å². The molecule has 26 heavy (non-hydrogen) atoms. The fourth-order valence-corrected chi connectivity index (χ4v) is 2.27. The standard InChI is InChI=1S/C15H19N3O3.C2H3N3/c1-5-9-6-10(13(19)20)11(16-7-9)12-17-14(21)15(4,18-12)8(2)3;1-2-4-5-3-1/h6-8H,5H2,1-4H3,(H,19,20)(H,17,18,21);1-2H,(H,3,4,5). The Morgan fingerprint density at radius 2 is 2.12 bits per heavy atom. The highest BCUT2D eigenvalue weighted by atomic mass is 16.4.